The van der Waals surface area contributed by atoms with Crippen molar-refractivity contribution in [1.29, 1.82) is 0 Å². The molecule has 0 aromatic heterocycles. The molecule has 1 aromatic carbocycles. The first-order valence-corrected chi connectivity index (χ1v) is 3.63. The Morgan fingerprint density at radius 1 is 1.54 bits per heavy atom. The third-order valence-electron chi connectivity index (χ3n) is 1.78. The van der Waals surface area contributed by atoms with Gasteiger partial charge in [0.15, 0.2) is 0 Å². The minimum absolute atomic E-state index is 0.0724. The van der Waals surface area contributed by atoms with Gasteiger partial charge in [-0.15, -0.1) is 0 Å². The lowest BCUT2D eigenvalue weighted by Crippen LogP contribution is -2.02. The van der Waals surface area contributed by atoms with Gasteiger partial charge in [0.1, 0.15) is 11.6 Å². The molecule has 0 atom stereocenters. The zero-order valence-electron chi connectivity index (χ0n) is 7.30. The zero-order valence-corrected chi connectivity index (χ0v) is 7.30. The fraction of sp³-hybridized carbons (Fsp3) is 0.222. The van der Waals surface area contributed by atoms with Gasteiger partial charge < -0.3 is 9.84 Å². The van der Waals surface area contributed by atoms with Crippen LogP contribution in [0.5, 0.6) is 5.75 Å². The van der Waals surface area contributed by atoms with Crippen molar-refractivity contribution in [2.45, 2.75) is 6.92 Å². The molecule has 0 fully saturated rings. The van der Waals surface area contributed by atoms with Gasteiger partial charge in [-0.1, -0.05) is 0 Å². The van der Waals surface area contributed by atoms with Crippen LogP contribution in [0.4, 0.5) is 4.39 Å². The van der Waals surface area contributed by atoms with Gasteiger partial charge in [0.05, 0.1) is 12.7 Å². The number of carboxylic acid groups (broad SMARTS) is 1. The van der Waals surface area contributed by atoms with Gasteiger partial charge in [0.25, 0.3) is 0 Å². The third kappa shape index (κ3) is 1.77. The monoisotopic (exact) mass is 184 g/mol. The van der Waals surface area contributed by atoms with Crippen LogP contribution in [0.15, 0.2) is 12.1 Å². The molecule has 0 aliphatic heterocycles. The van der Waals surface area contributed by atoms with Gasteiger partial charge in [0, 0.05) is 11.6 Å². The number of methoxy groups -OCH3 is 1. The highest BCUT2D eigenvalue weighted by molar-refractivity contribution is 5.90. The van der Waals surface area contributed by atoms with Crippen molar-refractivity contribution in [3.05, 3.63) is 29.1 Å². The van der Waals surface area contributed by atoms with E-state index in [1.54, 1.807) is 6.92 Å². The Morgan fingerprint density at radius 3 is 2.62 bits per heavy atom. The summed E-state index contributed by atoms with van der Waals surface area (Å²) in [4.78, 5) is 10.6. The molecule has 3 nitrogen and oxygen atoms in total. The van der Waals surface area contributed by atoms with E-state index in [9.17, 15) is 9.18 Å². The first kappa shape index (κ1) is 9.51. The van der Waals surface area contributed by atoms with Gasteiger partial charge in [-0.2, -0.15) is 0 Å². The van der Waals surface area contributed by atoms with Crippen LogP contribution >= 0.6 is 0 Å². The maximum absolute atomic E-state index is 12.8. The molecule has 0 saturated heterocycles. The molecule has 70 valence electrons. The second kappa shape index (κ2) is 3.43. The molecule has 0 aliphatic rings. The van der Waals surface area contributed by atoms with Crippen molar-refractivity contribution < 1.29 is 19.0 Å². The number of hydrogen-bond acceptors (Lipinski definition) is 2. The summed E-state index contributed by atoms with van der Waals surface area (Å²) in [5, 5.41) is 8.69. The Hall–Kier alpha value is -1.58. The highest BCUT2D eigenvalue weighted by Crippen LogP contribution is 2.22. The first-order chi connectivity index (χ1) is 6.06. The molecule has 0 aliphatic carbocycles. The van der Waals surface area contributed by atoms with Crippen molar-refractivity contribution in [3.63, 3.8) is 0 Å². The van der Waals surface area contributed by atoms with Crippen LogP contribution < -0.4 is 4.74 Å². The molecule has 0 amide bonds. The summed E-state index contributed by atoms with van der Waals surface area (Å²) in [5.41, 5.74) is 0.355. The third-order valence-corrected chi connectivity index (χ3v) is 1.78. The Morgan fingerprint density at radius 2 is 2.15 bits per heavy atom. The van der Waals surface area contributed by atoms with E-state index in [2.05, 4.69) is 0 Å². The van der Waals surface area contributed by atoms with Crippen LogP contribution in [0, 0.1) is 12.7 Å². The number of hydrogen-bond donors (Lipinski definition) is 1. The van der Waals surface area contributed by atoms with E-state index < -0.39 is 11.8 Å². The maximum atomic E-state index is 12.8. The van der Waals surface area contributed by atoms with Gasteiger partial charge >= 0.3 is 5.97 Å². The van der Waals surface area contributed by atoms with E-state index in [4.69, 9.17) is 9.84 Å². The van der Waals surface area contributed by atoms with Crippen molar-refractivity contribution in [1.82, 2.24) is 0 Å². The zero-order chi connectivity index (χ0) is 10.0. The summed E-state index contributed by atoms with van der Waals surface area (Å²) in [6.45, 7) is 1.57. The van der Waals surface area contributed by atoms with Crippen molar-refractivity contribution in [2.24, 2.45) is 0 Å². The van der Waals surface area contributed by atoms with E-state index in [-0.39, 0.29) is 11.3 Å². The summed E-state index contributed by atoms with van der Waals surface area (Å²) < 4.78 is 17.6. The van der Waals surface area contributed by atoms with Crippen LogP contribution in [0.2, 0.25) is 0 Å². The van der Waals surface area contributed by atoms with E-state index in [0.717, 1.165) is 12.1 Å². The van der Waals surface area contributed by atoms with E-state index in [1.807, 2.05) is 0 Å². The van der Waals surface area contributed by atoms with E-state index >= 15 is 0 Å². The van der Waals surface area contributed by atoms with Crippen LogP contribution in [0.1, 0.15) is 15.9 Å². The fourth-order valence-electron chi connectivity index (χ4n) is 1.09. The molecule has 0 radical (unpaired) electrons. The number of rotatable bonds is 2. The lowest BCUT2D eigenvalue weighted by Gasteiger charge is -2.07. The molecule has 1 rings (SSSR count). The summed E-state index contributed by atoms with van der Waals surface area (Å²) in [5.74, 6) is -1.52. The number of ether oxygens (including phenoxy) is 1. The Balaban J connectivity index is 3.35. The van der Waals surface area contributed by atoms with E-state index in [0.29, 0.717) is 5.56 Å². The molecule has 13 heavy (non-hydrogen) atoms. The molecule has 0 saturated carbocycles. The Labute approximate surface area is 74.8 Å². The molecule has 1 N–H and O–H groups in total. The lowest BCUT2D eigenvalue weighted by molar-refractivity contribution is 0.0695. The largest absolute Gasteiger partial charge is 0.496 e. The standard InChI is InChI=1S/C9H9FO3/c1-5-7(9(11)12)3-6(10)4-8(5)13-2/h3-4H,1-2H3,(H,11,12). The second-order valence-electron chi connectivity index (χ2n) is 2.59. The lowest BCUT2D eigenvalue weighted by atomic mass is 10.1. The summed E-state index contributed by atoms with van der Waals surface area (Å²) in [6.07, 6.45) is 0. The van der Waals surface area contributed by atoms with Crippen molar-refractivity contribution >= 4 is 5.97 Å². The molecule has 1 aromatic rings. The quantitative estimate of drug-likeness (QED) is 0.762. The predicted octanol–water partition coefficient (Wildman–Crippen LogP) is 1.84. The molecule has 4 heteroatoms. The Bertz CT molecular complexity index is 347. The molecule has 0 unspecified atom stereocenters. The van der Waals surface area contributed by atoms with Crippen LogP contribution in [0.25, 0.3) is 0 Å². The number of aromatic carboxylic acids is 1. The van der Waals surface area contributed by atoms with Crippen LogP contribution in [-0.4, -0.2) is 18.2 Å². The van der Waals surface area contributed by atoms with Gasteiger partial charge in [-0.3, -0.25) is 0 Å². The van der Waals surface area contributed by atoms with Crippen LogP contribution in [-0.2, 0) is 0 Å². The average Bonchev–Trinajstić information content (AvgIpc) is 2.08. The highest BCUT2D eigenvalue weighted by Gasteiger charge is 2.12. The molecule has 0 spiro atoms. The topological polar surface area (TPSA) is 46.5 Å². The summed E-state index contributed by atoms with van der Waals surface area (Å²) >= 11 is 0. The van der Waals surface area contributed by atoms with Crippen LogP contribution in [0.3, 0.4) is 0 Å². The van der Waals surface area contributed by atoms with Crippen molar-refractivity contribution in [2.75, 3.05) is 7.11 Å². The average molecular weight is 184 g/mol. The number of benzene rings is 1. The Kier molecular flexibility index (Phi) is 2.51. The number of carboxylic acids is 1. The summed E-state index contributed by atoms with van der Waals surface area (Å²) in [6, 6.07) is 2.13. The van der Waals surface area contributed by atoms with Gasteiger partial charge in [-0.25, -0.2) is 9.18 Å². The smallest absolute Gasteiger partial charge is 0.336 e. The van der Waals surface area contributed by atoms with E-state index in [1.165, 1.54) is 7.11 Å². The molecular weight excluding hydrogens is 175 g/mol. The molecule has 0 heterocycles. The highest BCUT2D eigenvalue weighted by atomic mass is 19.1. The minimum Gasteiger partial charge on any atom is -0.496 e. The number of halogens is 1. The SMILES string of the molecule is COc1cc(F)cc(C(=O)O)c1C. The second-order valence-corrected chi connectivity index (χ2v) is 2.59. The van der Waals surface area contributed by atoms with Gasteiger partial charge in [-0.05, 0) is 13.0 Å². The minimum atomic E-state index is -1.16. The normalized spacial score (nSPS) is 9.77. The molecule has 0 bridgehead atoms. The first-order valence-electron chi connectivity index (χ1n) is 3.63. The molecular formula is C9H9FO3. The predicted molar refractivity (Wildman–Crippen MR) is 44.6 cm³/mol. The summed E-state index contributed by atoms with van der Waals surface area (Å²) in [7, 11) is 1.37. The van der Waals surface area contributed by atoms with Crippen molar-refractivity contribution in [3.8, 4) is 5.75 Å². The number of carbonyl (C=O) groups is 1. The fourth-order valence-corrected chi connectivity index (χ4v) is 1.09. The maximum Gasteiger partial charge on any atom is 0.336 e. The van der Waals surface area contributed by atoms with Gasteiger partial charge in [0.2, 0.25) is 0 Å².